The zero-order chi connectivity index (χ0) is 12.3. The van der Waals surface area contributed by atoms with Crippen LogP contribution in [0.4, 0.5) is 8.78 Å². The van der Waals surface area contributed by atoms with Gasteiger partial charge in [0, 0.05) is 11.6 Å². The first-order chi connectivity index (χ1) is 7.43. The molecule has 1 nitrogen and oxygen atoms in total. The summed E-state index contributed by atoms with van der Waals surface area (Å²) >= 11 is 0. The molecule has 0 fully saturated rings. The number of aryl methyl sites for hydroxylation is 1. The van der Waals surface area contributed by atoms with Crippen LogP contribution < -0.4 is 5.73 Å². The van der Waals surface area contributed by atoms with Crippen molar-refractivity contribution in [3.63, 3.8) is 0 Å². The van der Waals surface area contributed by atoms with Gasteiger partial charge in [-0.2, -0.15) is 0 Å². The van der Waals surface area contributed by atoms with E-state index < -0.39 is 17.7 Å². The molecule has 0 saturated carbocycles. The van der Waals surface area contributed by atoms with Gasteiger partial charge in [-0.05, 0) is 31.2 Å². The van der Waals surface area contributed by atoms with E-state index in [2.05, 4.69) is 13.8 Å². The summed E-state index contributed by atoms with van der Waals surface area (Å²) < 4.78 is 26.9. The molecule has 1 aromatic carbocycles. The van der Waals surface area contributed by atoms with Gasteiger partial charge in [0.25, 0.3) is 0 Å². The fourth-order valence-electron chi connectivity index (χ4n) is 1.62. The molecule has 0 aliphatic rings. The summed E-state index contributed by atoms with van der Waals surface area (Å²) in [5, 5.41) is 0. The number of hydrogen-bond donors (Lipinski definition) is 1. The van der Waals surface area contributed by atoms with Crippen molar-refractivity contribution in [1.82, 2.24) is 0 Å². The monoisotopic (exact) mass is 263 g/mol. The van der Waals surface area contributed by atoms with Crippen LogP contribution >= 0.6 is 12.4 Å². The summed E-state index contributed by atoms with van der Waals surface area (Å²) in [7, 11) is 0. The third-order valence-electron chi connectivity index (χ3n) is 2.76. The predicted molar refractivity (Wildman–Crippen MR) is 69.3 cm³/mol. The molecule has 0 saturated heterocycles. The minimum atomic E-state index is -0.795. The van der Waals surface area contributed by atoms with Crippen molar-refractivity contribution in [1.29, 1.82) is 0 Å². The van der Waals surface area contributed by atoms with Gasteiger partial charge in [-0.25, -0.2) is 8.78 Å². The third-order valence-corrected chi connectivity index (χ3v) is 2.76. The van der Waals surface area contributed by atoms with Gasteiger partial charge >= 0.3 is 0 Å². The second-order valence-electron chi connectivity index (χ2n) is 4.68. The lowest BCUT2D eigenvalue weighted by atomic mass is 9.97. The Hall–Kier alpha value is -0.670. The highest BCUT2D eigenvalue weighted by molar-refractivity contribution is 5.85. The van der Waals surface area contributed by atoms with Crippen molar-refractivity contribution < 1.29 is 8.78 Å². The molecule has 0 aliphatic carbocycles. The van der Waals surface area contributed by atoms with Crippen LogP contribution in [-0.2, 0) is 0 Å². The van der Waals surface area contributed by atoms with Crippen LogP contribution in [0.15, 0.2) is 12.1 Å². The van der Waals surface area contributed by atoms with Crippen LogP contribution in [-0.4, -0.2) is 0 Å². The number of benzene rings is 1. The molecule has 1 rings (SSSR count). The summed E-state index contributed by atoms with van der Waals surface area (Å²) in [6.07, 6.45) is 1.59. The number of halogens is 3. The Morgan fingerprint density at radius 3 is 2.24 bits per heavy atom. The van der Waals surface area contributed by atoms with Crippen molar-refractivity contribution in [3.8, 4) is 0 Å². The molecule has 2 N–H and O–H groups in total. The van der Waals surface area contributed by atoms with Crippen molar-refractivity contribution in [2.45, 2.75) is 39.7 Å². The highest BCUT2D eigenvalue weighted by atomic mass is 35.5. The summed E-state index contributed by atoms with van der Waals surface area (Å²) in [6, 6.07) is 2.74. The molecule has 0 aliphatic heterocycles. The SMILES string of the molecule is Cc1ccc([C@H](N)CCC(C)C)c(F)c1F.Cl. The lowest BCUT2D eigenvalue weighted by Crippen LogP contribution is -2.14. The first kappa shape index (κ1) is 16.3. The quantitative estimate of drug-likeness (QED) is 0.868. The Morgan fingerprint density at radius 2 is 1.71 bits per heavy atom. The van der Waals surface area contributed by atoms with E-state index in [0.29, 0.717) is 17.9 Å². The molecule has 0 aromatic heterocycles. The molecule has 0 amide bonds. The summed E-state index contributed by atoms with van der Waals surface area (Å²) in [4.78, 5) is 0. The second kappa shape index (κ2) is 6.92. The number of nitrogens with two attached hydrogens (primary N) is 1. The van der Waals surface area contributed by atoms with Crippen LogP contribution in [0.2, 0.25) is 0 Å². The van der Waals surface area contributed by atoms with Gasteiger partial charge in [-0.1, -0.05) is 26.0 Å². The first-order valence-corrected chi connectivity index (χ1v) is 5.63. The van der Waals surface area contributed by atoms with Crippen LogP contribution in [0.25, 0.3) is 0 Å². The van der Waals surface area contributed by atoms with Gasteiger partial charge in [0.15, 0.2) is 11.6 Å². The normalized spacial score (nSPS) is 12.4. The highest BCUT2D eigenvalue weighted by Crippen LogP contribution is 2.24. The summed E-state index contributed by atoms with van der Waals surface area (Å²) in [5.74, 6) is -1.06. The number of hydrogen-bond acceptors (Lipinski definition) is 1. The Bertz CT molecular complexity index is 367. The molecular weight excluding hydrogens is 244 g/mol. The maximum absolute atomic E-state index is 13.6. The smallest absolute Gasteiger partial charge is 0.163 e. The maximum atomic E-state index is 13.6. The fourth-order valence-corrected chi connectivity index (χ4v) is 1.62. The summed E-state index contributed by atoms with van der Waals surface area (Å²) in [6.45, 7) is 5.71. The van der Waals surface area contributed by atoms with Crippen molar-refractivity contribution in [2.24, 2.45) is 11.7 Å². The minimum absolute atomic E-state index is 0. The summed E-state index contributed by atoms with van der Waals surface area (Å²) in [5.41, 5.74) is 6.45. The Kier molecular flexibility index (Phi) is 6.65. The van der Waals surface area contributed by atoms with E-state index in [1.54, 1.807) is 19.1 Å². The number of rotatable bonds is 4. The molecule has 1 atom stereocenters. The Balaban J connectivity index is 0.00000256. The molecule has 0 heterocycles. The molecule has 0 radical (unpaired) electrons. The van der Waals surface area contributed by atoms with Gasteiger partial charge in [-0.3, -0.25) is 0 Å². The van der Waals surface area contributed by atoms with Gasteiger partial charge in [-0.15, -0.1) is 12.4 Å². The predicted octanol–water partition coefficient (Wildman–Crippen LogP) is 4.13. The van der Waals surface area contributed by atoms with Crippen LogP contribution in [0.1, 0.15) is 43.9 Å². The molecule has 4 heteroatoms. The Labute approximate surface area is 108 Å². The van der Waals surface area contributed by atoms with E-state index in [1.165, 1.54) is 0 Å². The van der Waals surface area contributed by atoms with Crippen molar-refractivity contribution in [3.05, 3.63) is 34.9 Å². The van der Waals surface area contributed by atoms with Crippen LogP contribution in [0, 0.1) is 24.5 Å². The molecular formula is C13H20ClF2N. The van der Waals surface area contributed by atoms with Gasteiger partial charge in [0.2, 0.25) is 0 Å². The topological polar surface area (TPSA) is 26.0 Å². The minimum Gasteiger partial charge on any atom is -0.324 e. The molecule has 98 valence electrons. The highest BCUT2D eigenvalue weighted by Gasteiger charge is 2.16. The van der Waals surface area contributed by atoms with E-state index in [-0.39, 0.29) is 18.0 Å². The first-order valence-electron chi connectivity index (χ1n) is 5.63. The average Bonchev–Trinajstić information content (AvgIpc) is 2.23. The van der Waals surface area contributed by atoms with Gasteiger partial charge in [0.1, 0.15) is 0 Å². The van der Waals surface area contributed by atoms with Crippen LogP contribution in [0.5, 0.6) is 0 Å². The zero-order valence-corrected chi connectivity index (χ0v) is 11.3. The Morgan fingerprint density at radius 1 is 1.12 bits per heavy atom. The molecule has 1 aromatic rings. The molecule has 0 bridgehead atoms. The lowest BCUT2D eigenvalue weighted by Gasteiger charge is -2.15. The zero-order valence-electron chi connectivity index (χ0n) is 10.5. The standard InChI is InChI=1S/C13H19F2N.ClH/c1-8(2)4-7-11(16)10-6-5-9(3)12(14)13(10)15;/h5-6,8,11H,4,7,16H2,1-3H3;1H/t11-;/m1./s1. The second-order valence-corrected chi connectivity index (χ2v) is 4.68. The molecule has 0 unspecified atom stereocenters. The van der Waals surface area contributed by atoms with E-state index in [4.69, 9.17) is 5.73 Å². The van der Waals surface area contributed by atoms with E-state index >= 15 is 0 Å². The lowest BCUT2D eigenvalue weighted by molar-refractivity contribution is 0.460. The van der Waals surface area contributed by atoms with E-state index in [0.717, 1.165) is 6.42 Å². The van der Waals surface area contributed by atoms with Crippen LogP contribution in [0.3, 0.4) is 0 Å². The van der Waals surface area contributed by atoms with Crippen molar-refractivity contribution >= 4 is 12.4 Å². The maximum Gasteiger partial charge on any atom is 0.163 e. The third kappa shape index (κ3) is 4.25. The van der Waals surface area contributed by atoms with Gasteiger partial charge < -0.3 is 5.73 Å². The van der Waals surface area contributed by atoms with E-state index in [1.807, 2.05) is 0 Å². The van der Waals surface area contributed by atoms with Crippen molar-refractivity contribution in [2.75, 3.05) is 0 Å². The molecule has 0 spiro atoms. The average molecular weight is 264 g/mol. The van der Waals surface area contributed by atoms with E-state index in [9.17, 15) is 8.78 Å². The van der Waals surface area contributed by atoms with Gasteiger partial charge in [0.05, 0.1) is 0 Å². The largest absolute Gasteiger partial charge is 0.324 e. The fraction of sp³-hybridized carbons (Fsp3) is 0.538. The molecule has 17 heavy (non-hydrogen) atoms.